The van der Waals surface area contributed by atoms with E-state index < -0.39 is 15.8 Å². The predicted molar refractivity (Wildman–Crippen MR) is 99.6 cm³/mol. The van der Waals surface area contributed by atoms with E-state index in [1.54, 1.807) is 35.2 Å². The molecular weight excluding hydrogens is 369 g/mol. The van der Waals surface area contributed by atoms with E-state index in [1.165, 1.54) is 24.3 Å². The molecule has 0 saturated carbocycles. The van der Waals surface area contributed by atoms with E-state index in [-0.39, 0.29) is 16.4 Å². The van der Waals surface area contributed by atoms with Gasteiger partial charge in [0, 0.05) is 18.9 Å². The van der Waals surface area contributed by atoms with Crippen LogP contribution in [-0.4, -0.2) is 25.4 Å². The number of benzene rings is 2. The molecule has 0 spiro atoms. The van der Waals surface area contributed by atoms with E-state index in [0.717, 1.165) is 5.56 Å². The van der Waals surface area contributed by atoms with Gasteiger partial charge in [-0.15, -0.1) is 0 Å². The van der Waals surface area contributed by atoms with Crippen molar-refractivity contribution in [1.29, 1.82) is 0 Å². The van der Waals surface area contributed by atoms with Gasteiger partial charge in [0.1, 0.15) is 5.82 Å². The summed E-state index contributed by atoms with van der Waals surface area (Å²) in [5.74, 6) is -0.881. The zero-order valence-electron chi connectivity index (χ0n) is 14.3. The van der Waals surface area contributed by atoms with Crippen LogP contribution in [-0.2, 0) is 16.4 Å². The fourth-order valence-electron chi connectivity index (χ4n) is 2.67. The summed E-state index contributed by atoms with van der Waals surface area (Å²) in [6.07, 6.45) is 4.04. The number of nitrogens with two attached hydrogens (primary N) is 1. The highest BCUT2D eigenvalue weighted by Gasteiger charge is 2.13. The number of nitrogens with one attached hydrogen (secondary N) is 1. The Bertz CT molecular complexity index is 1050. The van der Waals surface area contributed by atoms with E-state index in [0.29, 0.717) is 18.7 Å². The molecule has 1 aromatic heterocycles. The Morgan fingerprint density at radius 1 is 1.07 bits per heavy atom. The molecule has 3 N–H and O–H groups in total. The Kier molecular flexibility index (Phi) is 5.38. The Hall–Kier alpha value is -2.97. The third kappa shape index (κ3) is 4.60. The second kappa shape index (κ2) is 7.73. The average Bonchev–Trinajstić information content (AvgIpc) is 3.15. The Labute approximate surface area is 156 Å². The van der Waals surface area contributed by atoms with E-state index in [4.69, 9.17) is 5.14 Å². The number of nitrogens with zero attached hydrogens (tertiary/aromatic N) is 1. The lowest BCUT2D eigenvalue weighted by atomic mass is 10.1. The lowest BCUT2D eigenvalue weighted by Crippen LogP contribution is -2.27. The van der Waals surface area contributed by atoms with Gasteiger partial charge >= 0.3 is 0 Å². The quantitative estimate of drug-likeness (QED) is 0.679. The number of hydrogen-bond acceptors (Lipinski definition) is 3. The summed E-state index contributed by atoms with van der Waals surface area (Å²) in [6, 6.07) is 13.8. The van der Waals surface area contributed by atoms with Gasteiger partial charge in [0.05, 0.1) is 16.1 Å². The molecule has 0 radical (unpaired) electrons. The van der Waals surface area contributed by atoms with E-state index >= 15 is 0 Å². The normalized spacial score (nSPS) is 11.3. The van der Waals surface area contributed by atoms with Gasteiger partial charge in [-0.05, 0) is 54.4 Å². The van der Waals surface area contributed by atoms with Crippen molar-refractivity contribution in [3.63, 3.8) is 0 Å². The number of carbonyl (C=O) groups is 1. The van der Waals surface area contributed by atoms with Crippen molar-refractivity contribution < 1.29 is 17.6 Å². The van der Waals surface area contributed by atoms with Crippen molar-refractivity contribution in [1.82, 2.24) is 9.88 Å². The summed E-state index contributed by atoms with van der Waals surface area (Å²) in [7, 11) is -3.73. The number of halogens is 1. The van der Waals surface area contributed by atoms with Crippen molar-refractivity contribution in [2.24, 2.45) is 5.14 Å². The molecule has 0 saturated heterocycles. The molecule has 0 aliphatic heterocycles. The minimum atomic E-state index is -3.73. The Morgan fingerprint density at radius 2 is 1.74 bits per heavy atom. The van der Waals surface area contributed by atoms with Gasteiger partial charge in [-0.1, -0.05) is 12.1 Å². The maximum absolute atomic E-state index is 13.6. The van der Waals surface area contributed by atoms with Gasteiger partial charge in [0.15, 0.2) is 0 Å². The maximum atomic E-state index is 13.6. The van der Waals surface area contributed by atoms with Crippen molar-refractivity contribution >= 4 is 15.9 Å². The molecule has 140 valence electrons. The topological polar surface area (TPSA) is 94.2 Å². The van der Waals surface area contributed by atoms with Gasteiger partial charge in [0.25, 0.3) is 5.91 Å². The summed E-state index contributed by atoms with van der Waals surface area (Å²) in [5, 5.41) is 7.82. The van der Waals surface area contributed by atoms with E-state index in [2.05, 4.69) is 5.32 Å². The van der Waals surface area contributed by atoms with Crippen LogP contribution in [0.4, 0.5) is 4.39 Å². The summed E-state index contributed by atoms with van der Waals surface area (Å²) in [5.41, 5.74) is 1.65. The SMILES string of the molecule is NS(=O)(=O)c1ccc(CCNC(=O)c2cc(F)ccc2-n2cccc2)cc1. The van der Waals surface area contributed by atoms with Gasteiger partial charge in [-0.3, -0.25) is 4.79 Å². The van der Waals surface area contributed by atoms with Crippen molar-refractivity contribution in [2.75, 3.05) is 6.54 Å². The number of rotatable bonds is 6. The molecule has 1 heterocycles. The second-order valence-corrected chi connectivity index (χ2v) is 7.51. The first-order valence-electron chi connectivity index (χ1n) is 8.17. The van der Waals surface area contributed by atoms with E-state index in [1.807, 2.05) is 12.1 Å². The van der Waals surface area contributed by atoms with Crippen LogP contribution >= 0.6 is 0 Å². The van der Waals surface area contributed by atoms with Crippen LogP contribution in [0.2, 0.25) is 0 Å². The maximum Gasteiger partial charge on any atom is 0.253 e. The zero-order chi connectivity index (χ0) is 19.4. The van der Waals surface area contributed by atoms with E-state index in [9.17, 15) is 17.6 Å². The van der Waals surface area contributed by atoms with Crippen LogP contribution in [0.25, 0.3) is 5.69 Å². The lowest BCUT2D eigenvalue weighted by molar-refractivity contribution is 0.0953. The molecule has 0 unspecified atom stereocenters. The summed E-state index contributed by atoms with van der Waals surface area (Å²) < 4.78 is 37.9. The highest BCUT2D eigenvalue weighted by Crippen LogP contribution is 2.17. The summed E-state index contributed by atoms with van der Waals surface area (Å²) >= 11 is 0. The van der Waals surface area contributed by atoms with Gasteiger partial charge < -0.3 is 9.88 Å². The van der Waals surface area contributed by atoms with Crippen LogP contribution in [0.3, 0.4) is 0 Å². The highest BCUT2D eigenvalue weighted by molar-refractivity contribution is 7.89. The minimum absolute atomic E-state index is 0.0337. The van der Waals surface area contributed by atoms with Crippen LogP contribution in [0, 0.1) is 5.82 Å². The number of amides is 1. The fourth-order valence-corrected chi connectivity index (χ4v) is 3.19. The monoisotopic (exact) mass is 387 g/mol. The molecule has 8 heteroatoms. The zero-order valence-corrected chi connectivity index (χ0v) is 15.1. The molecule has 0 fully saturated rings. The Balaban J connectivity index is 1.67. The third-order valence-electron chi connectivity index (χ3n) is 4.04. The van der Waals surface area contributed by atoms with Gasteiger partial charge in [-0.25, -0.2) is 17.9 Å². The largest absolute Gasteiger partial charge is 0.352 e. The second-order valence-electron chi connectivity index (χ2n) is 5.95. The van der Waals surface area contributed by atoms with Crippen LogP contribution in [0.1, 0.15) is 15.9 Å². The molecule has 0 aliphatic rings. The molecule has 3 rings (SSSR count). The van der Waals surface area contributed by atoms with Gasteiger partial charge in [0.2, 0.25) is 10.0 Å². The number of hydrogen-bond donors (Lipinski definition) is 2. The fraction of sp³-hybridized carbons (Fsp3) is 0.105. The first-order chi connectivity index (χ1) is 12.8. The standard InChI is InChI=1S/C19H18FN3O3S/c20-15-5-8-18(23-11-1-2-12-23)17(13-15)19(24)22-10-9-14-3-6-16(7-4-14)27(21,25)26/h1-8,11-13H,9-10H2,(H,22,24)(H2,21,25,26). The molecule has 6 nitrogen and oxygen atoms in total. The van der Waals surface area contributed by atoms with Crippen LogP contribution < -0.4 is 10.5 Å². The summed E-state index contributed by atoms with van der Waals surface area (Å²) in [4.78, 5) is 12.5. The first kappa shape index (κ1) is 18.8. The molecule has 1 amide bonds. The molecule has 0 atom stereocenters. The summed E-state index contributed by atoms with van der Waals surface area (Å²) in [6.45, 7) is 0.315. The minimum Gasteiger partial charge on any atom is -0.352 e. The van der Waals surface area contributed by atoms with Gasteiger partial charge in [-0.2, -0.15) is 0 Å². The molecule has 0 aliphatic carbocycles. The number of carbonyl (C=O) groups excluding carboxylic acids is 1. The molecule has 0 bridgehead atoms. The van der Waals surface area contributed by atoms with Crippen molar-refractivity contribution in [3.05, 3.63) is 83.9 Å². The molecule has 27 heavy (non-hydrogen) atoms. The predicted octanol–water partition coefficient (Wildman–Crippen LogP) is 2.24. The highest BCUT2D eigenvalue weighted by atomic mass is 32.2. The Morgan fingerprint density at radius 3 is 2.37 bits per heavy atom. The van der Waals surface area contributed by atoms with Crippen LogP contribution in [0.5, 0.6) is 0 Å². The van der Waals surface area contributed by atoms with Crippen molar-refractivity contribution in [3.8, 4) is 5.69 Å². The lowest BCUT2D eigenvalue weighted by Gasteiger charge is -2.11. The van der Waals surface area contributed by atoms with Crippen molar-refractivity contribution in [2.45, 2.75) is 11.3 Å². The average molecular weight is 387 g/mol. The van der Waals surface area contributed by atoms with Crippen LogP contribution in [0.15, 0.2) is 71.9 Å². The first-order valence-corrected chi connectivity index (χ1v) is 9.72. The molecular formula is C19H18FN3O3S. The third-order valence-corrected chi connectivity index (χ3v) is 4.97. The molecule has 2 aromatic carbocycles. The molecule has 3 aromatic rings. The number of aromatic nitrogens is 1. The number of sulfonamides is 1. The number of primary sulfonamides is 1. The smallest absolute Gasteiger partial charge is 0.253 e.